The summed E-state index contributed by atoms with van der Waals surface area (Å²) in [6.07, 6.45) is 3.03. The maximum absolute atomic E-state index is 15.6. The van der Waals surface area contributed by atoms with E-state index in [1.165, 1.54) is 18.2 Å². The summed E-state index contributed by atoms with van der Waals surface area (Å²) >= 11 is 0. The smallest absolute Gasteiger partial charge is 0.229 e. The number of halogens is 3. The van der Waals surface area contributed by atoms with E-state index in [0.29, 0.717) is 13.1 Å². The first kappa shape index (κ1) is 17.1. The Labute approximate surface area is 150 Å². The molecule has 0 spiro atoms. The summed E-state index contributed by atoms with van der Waals surface area (Å²) in [6, 6.07) is 9.90. The number of carbonyl (C=O) groups is 1. The van der Waals surface area contributed by atoms with Crippen LogP contribution in [-0.4, -0.2) is 23.9 Å². The lowest BCUT2D eigenvalue weighted by Gasteiger charge is -2.27. The van der Waals surface area contributed by atoms with E-state index >= 15 is 4.39 Å². The van der Waals surface area contributed by atoms with Gasteiger partial charge in [-0.15, -0.1) is 0 Å². The molecule has 0 aromatic heterocycles. The van der Waals surface area contributed by atoms with Gasteiger partial charge in [0.25, 0.3) is 0 Å². The highest BCUT2D eigenvalue weighted by Gasteiger charge is 2.62. The Bertz CT molecular complexity index is 827. The first-order valence-corrected chi connectivity index (χ1v) is 9.04. The van der Waals surface area contributed by atoms with Gasteiger partial charge in [0.15, 0.2) is 0 Å². The Morgan fingerprint density at radius 1 is 0.962 bits per heavy atom. The minimum absolute atomic E-state index is 0.0649. The third-order valence-corrected chi connectivity index (χ3v) is 5.47. The highest BCUT2D eigenvalue weighted by atomic mass is 19.1. The van der Waals surface area contributed by atoms with Gasteiger partial charge in [0.2, 0.25) is 5.91 Å². The monoisotopic (exact) mass is 359 g/mol. The second kappa shape index (κ2) is 6.45. The third-order valence-electron chi connectivity index (χ3n) is 5.47. The molecule has 1 aliphatic heterocycles. The number of benzene rings is 2. The van der Waals surface area contributed by atoms with Crippen molar-refractivity contribution in [2.45, 2.75) is 31.4 Å². The van der Waals surface area contributed by atoms with Crippen LogP contribution in [-0.2, 0) is 10.5 Å². The van der Waals surface area contributed by atoms with Gasteiger partial charge >= 0.3 is 0 Å². The Morgan fingerprint density at radius 3 is 2.31 bits per heavy atom. The summed E-state index contributed by atoms with van der Waals surface area (Å²) in [7, 11) is 0. The SMILES string of the molecule is O=C(C1CC1(F)c1ccccc1-c1c(F)cccc1F)N1CCCCC1. The molecule has 26 heavy (non-hydrogen) atoms. The Morgan fingerprint density at radius 2 is 1.62 bits per heavy atom. The highest BCUT2D eigenvalue weighted by Crippen LogP contribution is 2.58. The van der Waals surface area contributed by atoms with Gasteiger partial charge in [-0.05, 0) is 42.5 Å². The summed E-state index contributed by atoms with van der Waals surface area (Å²) in [5.41, 5.74) is -1.73. The second-order valence-corrected chi connectivity index (χ2v) is 7.15. The summed E-state index contributed by atoms with van der Waals surface area (Å²) in [6.45, 7) is 1.32. The molecule has 1 amide bonds. The summed E-state index contributed by atoms with van der Waals surface area (Å²) in [5, 5.41) is 0. The minimum Gasteiger partial charge on any atom is -0.342 e. The van der Waals surface area contributed by atoms with E-state index in [4.69, 9.17) is 0 Å². The zero-order valence-electron chi connectivity index (χ0n) is 14.4. The molecule has 1 saturated heterocycles. The minimum atomic E-state index is -1.86. The molecule has 1 heterocycles. The predicted octanol–water partition coefficient (Wildman–Crippen LogP) is 4.83. The Balaban J connectivity index is 1.68. The lowest BCUT2D eigenvalue weighted by molar-refractivity contribution is -0.134. The third kappa shape index (κ3) is 2.79. The van der Waals surface area contributed by atoms with Crippen LogP contribution in [0.4, 0.5) is 13.2 Å². The number of nitrogens with zero attached hydrogens (tertiary/aromatic N) is 1. The van der Waals surface area contributed by atoms with Crippen LogP contribution in [0.25, 0.3) is 11.1 Å². The zero-order chi connectivity index (χ0) is 18.3. The Kier molecular flexibility index (Phi) is 4.25. The normalized spacial score (nSPS) is 25.2. The number of amides is 1. The van der Waals surface area contributed by atoms with Crippen LogP contribution < -0.4 is 0 Å². The van der Waals surface area contributed by atoms with Gasteiger partial charge in [0.05, 0.1) is 11.5 Å². The van der Waals surface area contributed by atoms with Crippen LogP contribution in [0.2, 0.25) is 0 Å². The molecule has 136 valence electrons. The number of alkyl halides is 1. The van der Waals surface area contributed by atoms with E-state index in [0.717, 1.165) is 31.4 Å². The van der Waals surface area contributed by atoms with Gasteiger partial charge in [-0.3, -0.25) is 4.79 Å². The zero-order valence-corrected chi connectivity index (χ0v) is 14.4. The second-order valence-electron chi connectivity index (χ2n) is 7.15. The van der Waals surface area contributed by atoms with E-state index in [1.54, 1.807) is 17.0 Å². The van der Waals surface area contributed by atoms with Crippen molar-refractivity contribution in [2.24, 2.45) is 5.92 Å². The predicted molar refractivity (Wildman–Crippen MR) is 93.1 cm³/mol. The van der Waals surface area contributed by atoms with Crippen LogP contribution in [0.1, 0.15) is 31.2 Å². The molecule has 2 fully saturated rings. The average Bonchev–Trinajstić information content (AvgIpc) is 3.35. The highest BCUT2D eigenvalue weighted by molar-refractivity contribution is 5.85. The summed E-state index contributed by atoms with van der Waals surface area (Å²) in [4.78, 5) is 14.4. The van der Waals surface area contributed by atoms with E-state index in [9.17, 15) is 13.6 Å². The topological polar surface area (TPSA) is 20.3 Å². The molecule has 0 N–H and O–H groups in total. The fraction of sp³-hybridized carbons (Fsp3) is 0.381. The molecule has 2 aromatic carbocycles. The number of rotatable bonds is 3. The number of carbonyl (C=O) groups excluding carboxylic acids is 1. The van der Waals surface area contributed by atoms with Crippen LogP contribution in [0, 0.1) is 17.6 Å². The molecule has 0 bridgehead atoms. The standard InChI is InChI=1S/C21H20F3NO/c22-17-9-6-10-18(23)19(17)14-7-2-3-8-15(14)21(24)13-16(21)20(26)25-11-4-1-5-12-25/h2-3,6-10,16H,1,4-5,11-13H2. The van der Waals surface area contributed by atoms with Crippen molar-refractivity contribution >= 4 is 5.91 Å². The lowest BCUT2D eigenvalue weighted by Crippen LogP contribution is -2.37. The van der Waals surface area contributed by atoms with Gasteiger partial charge in [-0.25, -0.2) is 13.2 Å². The first-order valence-electron chi connectivity index (χ1n) is 9.04. The van der Waals surface area contributed by atoms with E-state index in [2.05, 4.69) is 0 Å². The fourth-order valence-corrected chi connectivity index (χ4v) is 3.97. The quantitative estimate of drug-likeness (QED) is 0.769. The molecule has 2 atom stereocenters. The van der Waals surface area contributed by atoms with Crippen molar-refractivity contribution < 1.29 is 18.0 Å². The largest absolute Gasteiger partial charge is 0.342 e. The number of hydrogen-bond donors (Lipinski definition) is 0. The molecule has 1 saturated carbocycles. The van der Waals surface area contributed by atoms with E-state index in [1.807, 2.05) is 0 Å². The molecule has 2 aliphatic rings. The van der Waals surface area contributed by atoms with E-state index in [-0.39, 0.29) is 29.0 Å². The molecular weight excluding hydrogens is 339 g/mol. The molecule has 0 radical (unpaired) electrons. The van der Waals surface area contributed by atoms with Crippen molar-refractivity contribution in [3.05, 3.63) is 59.7 Å². The van der Waals surface area contributed by atoms with Crippen LogP contribution in [0.15, 0.2) is 42.5 Å². The van der Waals surface area contributed by atoms with Crippen molar-refractivity contribution in [1.29, 1.82) is 0 Å². The summed E-state index contributed by atoms with van der Waals surface area (Å²) in [5.74, 6) is -2.42. The molecular formula is C21H20F3NO. The maximum atomic E-state index is 15.6. The fourth-order valence-electron chi connectivity index (χ4n) is 3.97. The molecule has 5 heteroatoms. The number of piperidine rings is 1. The first-order chi connectivity index (χ1) is 12.5. The van der Waals surface area contributed by atoms with Crippen molar-refractivity contribution in [3.8, 4) is 11.1 Å². The van der Waals surface area contributed by atoms with Crippen molar-refractivity contribution in [2.75, 3.05) is 13.1 Å². The summed E-state index contributed by atoms with van der Waals surface area (Å²) < 4.78 is 44.1. The average molecular weight is 359 g/mol. The van der Waals surface area contributed by atoms with Gasteiger partial charge < -0.3 is 4.90 Å². The lowest BCUT2D eigenvalue weighted by atomic mass is 9.93. The molecule has 2 nitrogen and oxygen atoms in total. The number of likely N-dealkylation sites (tertiary alicyclic amines) is 1. The van der Waals surface area contributed by atoms with Crippen molar-refractivity contribution in [1.82, 2.24) is 4.90 Å². The van der Waals surface area contributed by atoms with Crippen LogP contribution >= 0.6 is 0 Å². The number of hydrogen-bond acceptors (Lipinski definition) is 1. The maximum Gasteiger partial charge on any atom is 0.229 e. The van der Waals surface area contributed by atoms with Crippen LogP contribution in [0.3, 0.4) is 0 Å². The Hall–Kier alpha value is -2.30. The van der Waals surface area contributed by atoms with Gasteiger partial charge in [0.1, 0.15) is 17.3 Å². The van der Waals surface area contributed by atoms with Gasteiger partial charge in [0, 0.05) is 19.5 Å². The van der Waals surface area contributed by atoms with E-state index < -0.39 is 23.2 Å². The molecule has 2 aromatic rings. The van der Waals surface area contributed by atoms with Crippen molar-refractivity contribution in [3.63, 3.8) is 0 Å². The molecule has 2 unspecified atom stereocenters. The van der Waals surface area contributed by atoms with Gasteiger partial charge in [-0.1, -0.05) is 30.3 Å². The van der Waals surface area contributed by atoms with Crippen LogP contribution in [0.5, 0.6) is 0 Å². The van der Waals surface area contributed by atoms with Gasteiger partial charge in [-0.2, -0.15) is 0 Å². The molecule has 4 rings (SSSR count). The molecule has 1 aliphatic carbocycles.